The van der Waals surface area contributed by atoms with E-state index in [0.717, 1.165) is 61.9 Å². The molecule has 0 saturated carbocycles. The van der Waals surface area contributed by atoms with Gasteiger partial charge in [-0.2, -0.15) is 0 Å². The van der Waals surface area contributed by atoms with Gasteiger partial charge in [-0.1, -0.05) is 101 Å². The van der Waals surface area contributed by atoms with Crippen LogP contribution in [0.1, 0.15) is 179 Å². The Kier molecular flexibility index (Phi) is 35.9. The molecule has 0 aromatic heterocycles. The third-order valence-electron chi connectivity index (χ3n) is 6.82. The standard InChI is InChI=1S/3C10H20O2.C5H11.2C3H5O.Zr/c3*1-10(2,3)8-6-4-5-7-9(11)12;1-5(2,3)4;2*1-2-3-4;/h3*4-8H2,1-3H3,(H,11,12);1H2,2-4H3;2*2H,1,3H2;/q;;;;2*-1;+5/p-3. The molecule has 8 nitrogen and oxygen atoms in total. The summed E-state index contributed by atoms with van der Waals surface area (Å²) in [5, 5.41) is 30.1. The van der Waals surface area contributed by atoms with Gasteiger partial charge in [-0.3, -0.25) is 0 Å². The van der Waals surface area contributed by atoms with Crippen LogP contribution in [0.3, 0.4) is 0 Å². The van der Waals surface area contributed by atoms with Gasteiger partial charge in [0.1, 0.15) is 0 Å². The smallest absolute Gasteiger partial charge is 0.0414 e. The first-order valence-corrected chi connectivity index (χ1v) is 22.4. The minimum atomic E-state index is -2.11. The van der Waals surface area contributed by atoms with Gasteiger partial charge in [0.25, 0.3) is 0 Å². The summed E-state index contributed by atoms with van der Waals surface area (Å²) in [7, 11) is 0. The van der Waals surface area contributed by atoms with E-state index in [9.17, 15) is 29.7 Å². The Morgan fingerprint density at radius 2 is 0.740 bits per heavy atom. The molecule has 0 rings (SSSR count). The predicted octanol–water partition coefficient (Wildman–Crippen LogP) is 8.50. The summed E-state index contributed by atoms with van der Waals surface area (Å²) in [5.74, 6) is -2.78. The molecule has 0 aromatic carbocycles. The summed E-state index contributed by atoms with van der Waals surface area (Å²) in [6.07, 6.45) is 16.4. The Labute approximate surface area is 318 Å². The number of carboxylic acid groups (broad SMARTS) is 3. The van der Waals surface area contributed by atoms with Crippen molar-refractivity contribution in [3.8, 4) is 0 Å². The zero-order valence-electron chi connectivity index (χ0n) is 34.6. The van der Waals surface area contributed by atoms with Crippen molar-refractivity contribution in [1.29, 1.82) is 0 Å². The molecule has 0 aliphatic heterocycles. The van der Waals surface area contributed by atoms with Crippen molar-refractivity contribution in [2.45, 2.75) is 184 Å². The number of rotatable bonds is 22. The van der Waals surface area contributed by atoms with E-state index in [-0.39, 0.29) is 24.7 Å². The minimum absolute atomic E-state index is 0.212. The molecule has 0 aromatic rings. The van der Waals surface area contributed by atoms with Crippen molar-refractivity contribution in [2.75, 3.05) is 13.2 Å². The van der Waals surface area contributed by atoms with E-state index in [1.165, 1.54) is 19.3 Å². The van der Waals surface area contributed by atoms with Gasteiger partial charge in [-0.15, -0.1) is 0 Å². The number of carbonyl (C=O) groups excluding carboxylic acids is 3. The third kappa shape index (κ3) is 65.1. The number of carboxylic acids is 3. The first-order chi connectivity index (χ1) is 22.7. The van der Waals surface area contributed by atoms with Gasteiger partial charge in [0, 0.05) is 17.9 Å². The van der Waals surface area contributed by atoms with Crippen LogP contribution in [-0.4, -0.2) is 31.1 Å². The Morgan fingerprint density at radius 3 is 0.920 bits per heavy atom. The summed E-state index contributed by atoms with van der Waals surface area (Å²) >= 11 is -2.11. The molecule has 0 unspecified atom stereocenters. The van der Waals surface area contributed by atoms with Crippen LogP contribution < -0.4 is 15.3 Å². The average Bonchev–Trinajstić information content (AvgIpc) is 2.92. The van der Waals surface area contributed by atoms with Crippen LogP contribution in [0.15, 0.2) is 25.3 Å². The molecule has 0 N–H and O–H groups in total. The van der Waals surface area contributed by atoms with Gasteiger partial charge in [0.15, 0.2) is 0 Å². The fraction of sp³-hybridized carbons (Fsp3) is 0.829. The Bertz CT molecular complexity index is 765. The molecule has 0 bridgehead atoms. The van der Waals surface area contributed by atoms with E-state index >= 15 is 0 Å². The molecule has 0 atom stereocenters. The van der Waals surface area contributed by atoms with Gasteiger partial charge >= 0.3 is 97.1 Å². The molecule has 9 heteroatoms. The summed E-state index contributed by atoms with van der Waals surface area (Å²) in [5.41, 5.74) is 1.42. The molecule has 0 radical (unpaired) electrons. The van der Waals surface area contributed by atoms with Crippen LogP contribution in [0.5, 0.6) is 0 Å². The third-order valence-corrected chi connectivity index (χ3v) is 12.5. The van der Waals surface area contributed by atoms with Gasteiger partial charge in [-0.05, 0) is 74.0 Å². The zero-order valence-corrected chi connectivity index (χ0v) is 37.0. The molecule has 0 aliphatic carbocycles. The molecule has 50 heavy (non-hydrogen) atoms. The van der Waals surface area contributed by atoms with Crippen molar-refractivity contribution < 1.29 is 58.0 Å². The molecular formula is C41H78O8Zr. The quantitative estimate of drug-likeness (QED) is 0.0786. The number of hydrogen-bond donors (Lipinski definition) is 0. The minimum Gasteiger partial charge on any atom is -0.550 e. The molecule has 0 saturated heterocycles. The maximum atomic E-state index is 10.0. The fourth-order valence-corrected chi connectivity index (χ4v) is 8.51. The van der Waals surface area contributed by atoms with Crippen LogP contribution in [0.25, 0.3) is 0 Å². The van der Waals surface area contributed by atoms with Gasteiger partial charge in [0.2, 0.25) is 0 Å². The summed E-state index contributed by atoms with van der Waals surface area (Å²) in [6, 6.07) is 0. The normalized spacial score (nSPS) is 11.3. The summed E-state index contributed by atoms with van der Waals surface area (Å²) in [4.78, 5) is 30.1. The zero-order chi connectivity index (χ0) is 39.9. The SMILES string of the molecule is C=CC[O][Zr+3]([CH2]C(C)(C)C)[O]CC=C.CC(C)(C)CCCCCC(=O)[O-].CC(C)(C)CCCCCC(=O)[O-].CC(C)(C)CCCCCC(=O)[O-]. The van der Waals surface area contributed by atoms with Crippen LogP contribution >= 0.6 is 0 Å². The van der Waals surface area contributed by atoms with Crippen LogP contribution in [0.2, 0.25) is 4.13 Å². The van der Waals surface area contributed by atoms with Gasteiger partial charge < -0.3 is 29.7 Å². The topological polar surface area (TPSA) is 139 Å². The fourth-order valence-electron chi connectivity index (χ4n) is 4.18. The molecule has 0 amide bonds. The molecule has 0 heterocycles. The molecule has 0 spiro atoms. The van der Waals surface area contributed by atoms with E-state index in [1.54, 1.807) is 12.2 Å². The Balaban J connectivity index is -0.000000283. The van der Waals surface area contributed by atoms with Crippen LogP contribution in [-0.2, 0) is 42.6 Å². The van der Waals surface area contributed by atoms with E-state index in [0.29, 0.717) is 29.5 Å². The van der Waals surface area contributed by atoms with E-state index in [1.807, 2.05) is 0 Å². The second-order valence-corrected chi connectivity index (χ2v) is 21.9. The van der Waals surface area contributed by atoms with Crippen molar-refractivity contribution in [2.24, 2.45) is 21.7 Å². The van der Waals surface area contributed by atoms with Crippen LogP contribution in [0.4, 0.5) is 0 Å². The van der Waals surface area contributed by atoms with E-state index in [2.05, 4.69) is 96.2 Å². The number of aliphatic carboxylic acids is 3. The molecule has 294 valence electrons. The second-order valence-electron chi connectivity index (χ2n) is 17.8. The maximum absolute atomic E-state index is 10.0. The summed E-state index contributed by atoms with van der Waals surface area (Å²) in [6.45, 7) is 34.9. The average molecular weight is 790 g/mol. The van der Waals surface area contributed by atoms with Crippen molar-refractivity contribution in [3.63, 3.8) is 0 Å². The monoisotopic (exact) mass is 788 g/mol. The van der Waals surface area contributed by atoms with Gasteiger partial charge in [0.05, 0.1) is 0 Å². The van der Waals surface area contributed by atoms with Gasteiger partial charge in [-0.25, -0.2) is 0 Å². The first-order valence-electron chi connectivity index (χ1n) is 18.7. The molecule has 0 fully saturated rings. The maximum Gasteiger partial charge on any atom is 0.0414 e. The van der Waals surface area contributed by atoms with Crippen molar-refractivity contribution in [1.82, 2.24) is 0 Å². The summed E-state index contributed by atoms with van der Waals surface area (Å²) < 4.78 is 12.4. The molecular weight excluding hydrogens is 712 g/mol. The largest absolute Gasteiger partial charge is 0.550 e. The number of unbranched alkanes of at least 4 members (excludes halogenated alkanes) is 6. The van der Waals surface area contributed by atoms with Crippen LogP contribution in [0, 0.1) is 21.7 Å². The number of carbonyl (C=O) groups is 3. The van der Waals surface area contributed by atoms with E-state index in [4.69, 9.17) is 5.63 Å². The predicted molar refractivity (Wildman–Crippen MR) is 199 cm³/mol. The number of hydrogen-bond acceptors (Lipinski definition) is 8. The second kappa shape index (κ2) is 32.4. The first kappa shape index (κ1) is 55.4. The Hall–Kier alpha value is -1.31. The van der Waals surface area contributed by atoms with E-state index < -0.39 is 40.5 Å². The molecule has 0 aliphatic rings. The van der Waals surface area contributed by atoms with Crippen molar-refractivity contribution in [3.05, 3.63) is 25.3 Å². The Morgan fingerprint density at radius 1 is 0.480 bits per heavy atom. The van der Waals surface area contributed by atoms with Crippen molar-refractivity contribution >= 4 is 17.9 Å².